The highest BCUT2D eigenvalue weighted by Crippen LogP contribution is 2.36. The summed E-state index contributed by atoms with van der Waals surface area (Å²) in [5.41, 5.74) is 2.65. The molecule has 7 nitrogen and oxygen atoms in total. The summed E-state index contributed by atoms with van der Waals surface area (Å²) in [7, 11) is 0. The summed E-state index contributed by atoms with van der Waals surface area (Å²) >= 11 is 0. The first-order valence-corrected chi connectivity index (χ1v) is 9.51. The lowest BCUT2D eigenvalue weighted by molar-refractivity contribution is -0.118. The first-order chi connectivity index (χ1) is 13.6. The Kier molecular flexibility index (Phi) is 5.06. The van der Waals surface area contributed by atoms with Gasteiger partial charge in [0.05, 0.1) is 6.04 Å². The van der Waals surface area contributed by atoms with Gasteiger partial charge in [-0.25, -0.2) is 4.68 Å². The lowest BCUT2D eigenvalue weighted by Gasteiger charge is -2.14. The van der Waals surface area contributed by atoms with Gasteiger partial charge in [-0.05, 0) is 52.9 Å². The average Bonchev–Trinajstić information content (AvgIpc) is 3.43. The minimum absolute atomic E-state index is 0.0478. The van der Waals surface area contributed by atoms with E-state index in [4.69, 9.17) is 4.74 Å². The van der Waals surface area contributed by atoms with E-state index < -0.39 is 0 Å². The van der Waals surface area contributed by atoms with Crippen LogP contribution in [0.25, 0.3) is 11.4 Å². The molecule has 1 fully saturated rings. The number of amides is 1. The fourth-order valence-corrected chi connectivity index (χ4v) is 3.11. The maximum Gasteiger partial charge on any atom is 0.262 e. The second kappa shape index (κ2) is 7.80. The number of rotatable bonds is 7. The van der Waals surface area contributed by atoms with Gasteiger partial charge in [-0.15, -0.1) is 5.10 Å². The van der Waals surface area contributed by atoms with Gasteiger partial charge < -0.3 is 10.1 Å². The first kappa shape index (κ1) is 18.2. The number of para-hydroxylation sites is 1. The highest BCUT2D eigenvalue weighted by atomic mass is 16.5. The minimum atomic E-state index is -0.211. The molecule has 7 heteroatoms. The molecule has 1 heterocycles. The molecule has 1 aliphatic carbocycles. The predicted molar refractivity (Wildman–Crippen MR) is 106 cm³/mol. The molecule has 1 N–H and O–H groups in total. The quantitative estimate of drug-likeness (QED) is 0.677. The number of nitrogens with one attached hydrogen (secondary N) is 1. The van der Waals surface area contributed by atoms with E-state index in [0.717, 1.165) is 35.5 Å². The summed E-state index contributed by atoms with van der Waals surface area (Å²) in [5, 5.41) is 14.9. The molecule has 0 bridgehead atoms. The Labute approximate surface area is 163 Å². The molecule has 0 saturated heterocycles. The molecule has 28 heavy (non-hydrogen) atoms. The SMILES string of the molecule is CC(C)c1ccccc1OCC(=O)Nc1cccc(-c2nnnn2C2CC2)c1. The Balaban J connectivity index is 1.42. The summed E-state index contributed by atoms with van der Waals surface area (Å²) in [5.74, 6) is 1.58. The van der Waals surface area contributed by atoms with Crippen molar-refractivity contribution in [3.05, 3.63) is 54.1 Å². The maximum absolute atomic E-state index is 12.4. The second-order valence-electron chi connectivity index (χ2n) is 7.29. The van der Waals surface area contributed by atoms with E-state index in [0.29, 0.717) is 17.6 Å². The highest BCUT2D eigenvalue weighted by molar-refractivity contribution is 5.92. The summed E-state index contributed by atoms with van der Waals surface area (Å²) in [6.07, 6.45) is 2.20. The van der Waals surface area contributed by atoms with Crippen LogP contribution in [-0.4, -0.2) is 32.7 Å². The van der Waals surface area contributed by atoms with Crippen molar-refractivity contribution in [1.82, 2.24) is 20.2 Å². The normalized spacial score (nSPS) is 13.5. The number of benzene rings is 2. The molecule has 3 aromatic rings. The van der Waals surface area contributed by atoms with Gasteiger partial charge in [0.2, 0.25) is 0 Å². The largest absolute Gasteiger partial charge is 0.483 e. The third-order valence-electron chi connectivity index (χ3n) is 4.69. The third-order valence-corrected chi connectivity index (χ3v) is 4.69. The van der Waals surface area contributed by atoms with E-state index in [2.05, 4.69) is 34.7 Å². The fraction of sp³-hybridized carbons (Fsp3) is 0.333. The summed E-state index contributed by atoms with van der Waals surface area (Å²) < 4.78 is 7.60. The Bertz CT molecular complexity index is 978. The average molecular weight is 377 g/mol. The predicted octanol–water partition coefficient (Wildman–Crippen LogP) is 3.82. The monoisotopic (exact) mass is 377 g/mol. The van der Waals surface area contributed by atoms with Crippen LogP contribution in [0.15, 0.2) is 48.5 Å². The van der Waals surface area contributed by atoms with Crippen molar-refractivity contribution in [2.24, 2.45) is 0 Å². The Hall–Kier alpha value is -3.22. The highest BCUT2D eigenvalue weighted by Gasteiger charge is 2.28. The summed E-state index contributed by atoms with van der Waals surface area (Å²) in [4.78, 5) is 12.4. The van der Waals surface area contributed by atoms with Crippen molar-refractivity contribution < 1.29 is 9.53 Å². The van der Waals surface area contributed by atoms with Gasteiger partial charge in [-0.3, -0.25) is 4.79 Å². The van der Waals surface area contributed by atoms with Crippen LogP contribution in [0.3, 0.4) is 0 Å². The molecule has 4 rings (SSSR count). The van der Waals surface area contributed by atoms with Crippen LogP contribution in [-0.2, 0) is 4.79 Å². The van der Waals surface area contributed by atoms with Gasteiger partial charge in [0.25, 0.3) is 5.91 Å². The van der Waals surface area contributed by atoms with Gasteiger partial charge in [-0.2, -0.15) is 0 Å². The molecule has 2 aromatic carbocycles. The number of hydrogen-bond acceptors (Lipinski definition) is 5. The first-order valence-electron chi connectivity index (χ1n) is 9.51. The van der Waals surface area contributed by atoms with Crippen LogP contribution in [0.1, 0.15) is 44.2 Å². The molecule has 0 unspecified atom stereocenters. The van der Waals surface area contributed by atoms with Crippen molar-refractivity contribution in [1.29, 1.82) is 0 Å². The van der Waals surface area contributed by atoms with Gasteiger partial charge >= 0.3 is 0 Å². The number of carbonyl (C=O) groups excluding carboxylic acids is 1. The van der Waals surface area contributed by atoms with Crippen LogP contribution >= 0.6 is 0 Å². The topological polar surface area (TPSA) is 81.9 Å². The van der Waals surface area contributed by atoms with Crippen molar-refractivity contribution in [3.63, 3.8) is 0 Å². The number of hydrogen-bond donors (Lipinski definition) is 1. The Morgan fingerprint density at radius 2 is 2.04 bits per heavy atom. The minimum Gasteiger partial charge on any atom is -0.483 e. The molecule has 1 aromatic heterocycles. The number of aromatic nitrogens is 4. The molecule has 144 valence electrons. The molecular weight excluding hydrogens is 354 g/mol. The zero-order chi connectivity index (χ0) is 19.5. The van der Waals surface area contributed by atoms with E-state index in [-0.39, 0.29) is 12.5 Å². The summed E-state index contributed by atoms with van der Waals surface area (Å²) in [6, 6.07) is 15.7. The number of nitrogens with zero attached hydrogens (tertiary/aromatic N) is 4. The van der Waals surface area contributed by atoms with Crippen LogP contribution in [0.4, 0.5) is 5.69 Å². The van der Waals surface area contributed by atoms with Crippen molar-refractivity contribution >= 4 is 11.6 Å². The van der Waals surface area contributed by atoms with Crippen LogP contribution < -0.4 is 10.1 Å². The Morgan fingerprint density at radius 3 is 2.82 bits per heavy atom. The standard InChI is InChI=1S/C21H23N5O2/c1-14(2)18-8-3-4-9-19(18)28-13-20(27)22-16-7-5-6-15(12-16)21-23-24-25-26(21)17-10-11-17/h3-9,12,14,17H,10-11,13H2,1-2H3,(H,22,27). The van der Waals surface area contributed by atoms with Gasteiger partial charge in [0.15, 0.2) is 12.4 Å². The molecule has 0 aliphatic heterocycles. The zero-order valence-electron chi connectivity index (χ0n) is 16.0. The third kappa shape index (κ3) is 4.03. The van der Waals surface area contributed by atoms with Gasteiger partial charge in [0, 0.05) is 11.3 Å². The van der Waals surface area contributed by atoms with Gasteiger partial charge in [-0.1, -0.05) is 44.2 Å². The fourth-order valence-electron chi connectivity index (χ4n) is 3.11. The van der Waals surface area contributed by atoms with E-state index in [1.54, 1.807) is 0 Å². The number of carbonyl (C=O) groups is 1. The molecule has 1 aliphatic rings. The van der Waals surface area contributed by atoms with Crippen LogP contribution in [0.5, 0.6) is 5.75 Å². The van der Waals surface area contributed by atoms with E-state index in [9.17, 15) is 4.79 Å². The molecule has 0 radical (unpaired) electrons. The van der Waals surface area contributed by atoms with Gasteiger partial charge in [0.1, 0.15) is 5.75 Å². The van der Waals surface area contributed by atoms with Crippen molar-refractivity contribution in [2.75, 3.05) is 11.9 Å². The van der Waals surface area contributed by atoms with Crippen molar-refractivity contribution in [2.45, 2.75) is 38.6 Å². The van der Waals surface area contributed by atoms with Crippen LogP contribution in [0, 0.1) is 0 Å². The second-order valence-corrected chi connectivity index (χ2v) is 7.29. The Morgan fingerprint density at radius 1 is 1.21 bits per heavy atom. The number of ether oxygens (including phenoxy) is 1. The summed E-state index contributed by atoms with van der Waals surface area (Å²) in [6.45, 7) is 4.15. The maximum atomic E-state index is 12.4. The van der Waals surface area contributed by atoms with E-state index in [1.165, 1.54) is 0 Å². The lowest BCUT2D eigenvalue weighted by atomic mass is 10.0. The zero-order valence-corrected chi connectivity index (χ0v) is 16.0. The molecular formula is C21H23N5O2. The molecule has 1 saturated carbocycles. The molecule has 0 spiro atoms. The lowest BCUT2D eigenvalue weighted by Crippen LogP contribution is -2.20. The molecule has 0 atom stereocenters. The van der Waals surface area contributed by atoms with E-state index >= 15 is 0 Å². The van der Waals surface area contributed by atoms with Crippen LogP contribution in [0.2, 0.25) is 0 Å². The van der Waals surface area contributed by atoms with Crippen molar-refractivity contribution in [3.8, 4) is 17.1 Å². The van der Waals surface area contributed by atoms with E-state index in [1.807, 2.05) is 53.2 Å². The number of anilines is 1. The molecule has 1 amide bonds. The smallest absolute Gasteiger partial charge is 0.262 e. The number of tetrazole rings is 1.